The number of aromatic nitrogens is 1. The van der Waals surface area contributed by atoms with Crippen LogP contribution in [0, 0.1) is 6.92 Å². The maximum absolute atomic E-state index is 10.9. The van der Waals surface area contributed by atoms with Gasteiger partial charge in [-0.25, -0.2) is 9.78 Å². The second kappa shape index (κ2) is 3.81. The Labute approximate surface area is 104 Å². The van der Waals surface area contributed by atoms with Gasteiger partial charge in [-0.15, -0.1) is 0 Å². The van der Waals surface area contributed by atoms with E-state index in [1.54, 1.807) is 18.2 Å². The highest BCUT2D eigenvalue weighted by Crippen LogP contribution is 2.21. The molecule has 0 bridgehead atoms. The summed E-state index contributed by atoms with van der Waals surface area (Å²) in [4.78, 5) is 15.5. The van der Waals surface area contributed by atoms with E-state index in [9.17, 15) is 4.79 Å². The van der Waals surface area contributed by atoms with E-state index in [0.29, 0.717) is 0 Å². The molecule has 0 atom stereocenters. The average molecular weight is 237 g/mol. The third kappa shape index (κ3) is 1.70. The number of aryl methyl sites for hydroxylation is 1. The SMILES string of the molecule is Cc1ccc2cc3cc(C(=O)O)ccc3nc2c1. The second-order valence-corrected chi connectivity index (χ2v) is 4.40. The molecule has 18 heavy (non-hydrogen) atoms. The van der Waals surface area contributed by atoms with Crippen LogP contribution in [0.2, 0.25) is 0 Å². The van der Waals surface area contributed by atoms with Gasteiger partial charge in [-0.2, -0.15) is 0 Å². The van der Waals surface area contributed by atoms with E-state index in [4.69, 9.17) is 5.11 Å². The van der Waals surface area contributed by atoms with Gasteiger partial charge in [0.25, 0.3) is 0 Å². The van der Waals surface area contributed by atoms with E-state index in [-0.39, 0.29) is 5.56 Å². The highest BCUT2D eigenvalue weighted by Gasteiger charge is 2.05. The van der Waals surface area contributed by atoms with Crippen molar-refractivity contribution in [2.24, 2.45) is 0 Å². The van der Waals surface area contributed by atoms with Crippen LogP contribution < -0.4 is 0 Å². The standard InChI is InChI=1S/C15H11NO2/c1-9-2-3-10-7-12-8-11(15(17)18)4-5-13(12)16-14(10)6-9/h2-8H,1H3,(H,17,18). The van der Waals surface area contributed by atoms with Crippen molar-refractivity contribution in [3.63, 3.8) is 0 Å². The largest absolute Gasteiger partial charge is 0.478 e. The van der Waals surface area contributed by atoms with Crippen LogP contribution in [0.25, 0.3) is 21.8 Å². The van der Waals surface area contributed by atoms with E-state index in [0.717, 1.165) is 27.4 Å². The van der Waals surface area contributed by atoms with Crippen LogP contribution >= 0.6 is 0 Å². The van der Waals surface area contributed by atoms with Gasteiger partial charge >= 0.3 is 5.97 Å². The molecular formula is C15H11NO2. The van der Waals surface area contributed by atoms with E-state index >= 15 is 0 Å². The Balaban J connectivity index is 2.34. The Bertz CT molecular complexity index is 778. The quantitative estimate of drug-likeness (QED) is 0.660. The van der Waals surface area contributed by atoms with Crippen LogP contribution in [0.15, 0.2) is 42.5 Å². The smallest absolute Gasteiger partial charge is 0.335 e. The minimum absolute atomic E-state index is 0.288. The minimum atomic E-state index is -0.916. The number of benzene rings is 2. The zero-order chi connectivity index (χ0) is 12.7. The third-order valence-corrected chi connectivity index (χ3v) is 3.01. The van der Waals surface area contributed by atoms with Crippen LogP contribution in [0.1, 0.15) is 15.9 Å². The highest BCUT2D eigenvalue weighted by atomic mass is 16.4. The summed E-state index contributed by atoms with van der Waals surface area (Å²) in [6.07, 6.45) is 0. The number of nitrogens with zero attached hydrogens (tertiary/aromatic N) is 1. The van der Waals surface area contributed by atoms with Gasteiger partial charge in [-0.05, 0) is 42.8 Å². The summed E-state index contributed by atoms with van der Waals surface area (Å²) in [5, 5.41) is 10.9. The zero-order valence-electron chi connectivity index (χ0n) is 9.84. The minimum Gasteiger partial charge on any atom is -0.478 e. The van der Waals surface area contributed by atoms with Crippen molar-refractivity contribution in [3.05, 3.63) is 53.6 Å². The molecule has 0 aliphatic heterocycles. The van der Waals surface area contributed by atoms with E-state index in [1.807, 2.05) is 31.2 Å². The van der Waals surface area contributed by atoms with Crippen molar-refractivity contribution in [2.45, 2.75) is 6.92 Å². The molecule has 1 aromatic heterocycles. The lowest BCUT2D eigenvalue weighted by Crippen LogP contribution is -1.95. The van der Waals surface area contributed by atoms with E-state index in [2.05, 4.69) is 4.98 Å². The summed E-state index contributed by atoms with van der Waals surface area (Å²) in [5.41, 5.74) is 3.20. The molecule has 0 spiro atoms. The first-order chi connectivity index (χ1) is 8.63. The number of aromatic carboxylic acids is 1. The van der Waals surface area contributed by atoms with E-state index in [1.165, 1.54) is 0 Å². The molecular weight excluding hydrogens is 226 g/mol. The van der Waals surface area contributed by atoms with Gasteiger partial charge in [0.2, 0.25) is 0 Å². The Morgan fingerprint density at radius 2 is 1.83 bits per heavy atom. The molecule has 0 radical (unpaired) electrons. The van der Waals surface area contributed by atoms with Gasteiger partial charge in [-0.1, -0.05) is 12.1 Å². The van der Waals surface area contributed by atoms with Gasteiger partial charge in [0.15, 0.2) is 0 Å². The van der Waals surface area contributed by atoms with Gasteiger partial charge in [0, 0.05) is 10.8 Å². The molecule has 3 rings (SSSR count). The third-order valence-electron chi connectivity index (χ3n) is 3.01. The molecule has 0 unspecified atom stereocenters. The first-order valence-electron chi connectivity index (χ1n) is 5.68. The Hall–Kier alpha value is -2.42. The molecule has 3 nitrogen and oxygen atoms in total. The lowest BCUT2D eigenvalue weighted by atomic mass is 10.1. The van der Waals surface area contributed by atoms with Gasteiger partial charge in [0.05, 0.1) is 16.6 Å². The summed E-state index contributed by atoms with van der Waals surface area (Å²) in [6, 6.07) is 13.0. The van der Waals surface area contributed by atoms with Crippen LogP contribution in [0.3, 0.4) is 0 Å². The Morgan fingerprint density at radius 3 is 2.61 bits per heavy atom. The van der Waals surface area contributed by atoms with Crippen LogP contribution in [-0.2, 0) is 0 Å². The number of pyridine rings is 1. The molecule has 0 fully saturated rings. The molecule has 3 heteroatoms. The van der Waals surface area contributed by atoms with Crippen molar-refractivity contribution in [2.75, 3.05) is 0 Å². The Morgan fingerprint density at radius 1 is 1.00 bits per heavy atom. The molecule has 0 amide bonds. The summed E-state index contributed by atoms with van der Waals surface area (Å²) >= 11 is 0. The lowest BCUT2D eigenvalue weighted by Gasteiger charge is -2.03. The predicted molar refractivity (Wildman–Crippen MR) is 70.9 cm³/mol. The van der Waals surface area contributed by atoms with Crippen molar-refractivity contribution in [1.82, 2.24) is 4.98 Å². The number of hydrogen-bond acceptors (Lipinski definition) is 2. The number of carboxylic acid groups (broad SMARTS) is 1. The molecule has 0 aliphatic carbocycles. The fourth-order valence-corrected chi connectivity index (χ4v) is 2.07. The molecule has 0 saturated carbocycles. The first kappa shape index (κ1) is 10.7. The second-order valence-electron chi connectivity index (χ2n) is 4.40. The fraction of sp³-hybridized carbons (Fsp3) is 0.0667. The normalized spacial score (nSPS) is 10.9. The van der Waals surface area contributed by atoms with Crippen molar-refractivity contribution >= 4 is 27.8 Å². The molecule has 2 aromatic carbocycles. The summed E-state index contributed by atoms with van der Waals surface area (Å²) in [5.74, 6) is -0.916. The number of fused-ring (bicyclic) bond motifs is 2. The van der Waals surface area contributed by atoms with Crippen molar-refractivity contribution in [1.29, 1.82) is 0 Å². The monoisotopic (exact) mass is 237 g/mol. The van der Waals surface area contributed by atoms with E-state index < -0.39 is 5.97 Å². The molecule has 0 aliphatic rings. The predicted octanol–water partition coefficient (Wildman–Crippen LogP) is 3.39. The van der Waals surface area contributed by atoms with Gasteiger partial charge < -0.3 is 5.11 Å². The van der Waals surface area contributed by atoms with Gasteiger partial charge in [0.1, 0.15) is 0 Å². The lowest BCUT2D eigenvalue weighted by molar-refractivity contribution is 0.0697. The molecule has 1 heterocycles. The molecule has 0 saturated heterocycles. The van der Waals surface area contributed by atoms with Crippen LogP contribution in [0.4, 0.5) is 0 Å². The number of rotatable bonds is 1. The van der Waals surface area contributed by atoms with Crippen LogP contribution in [0.5, 0.6) is 0 Å². The average Bonchev–Trinajstić information content (AvgIpc) is 2.35. The molecule has 3 aromatic rings. The molecule has 1 N–H and O–H groups in total. The van der Waals surface area contributed by atoms with Crippen molar-refractivity contribution in [3.8, 4) is 0 Å². The van der Waals surface area contributed by atoms with Crippen LogP contribution in [-0.4, -0.2) is 16.1 Å². The first-order valence-corrected chi connectivity index (χ1v) is 5.68. The maximum atomic E-state index is 10.9. The summed E-state index contributed by atoms with van der Waals surface area (Å²) in [6.45, 7) is 2.03. The Kier molecular flexibility index (Phi) is 2.27. The topological polar surface area (TPSA) is 50.2 Å². The number of carbonyl (C=O) groups is 1. The number of hydrogen-bond donors (Lipinski definition) is 1. The van der Waals surface area contributed by atoms with Gasteiger partial charge in [-0.3, -0.25) is 0 Å². The number of carboxylic acids is 1. The summed E-state index contributed by atoms with van der Waals surface area (Å²) < 4.78 is 0. The fourth-order valence-electron chi connectivity index (χ4n) is 2.07. The molecule has 88 valence electrons. The maximum Gasteiger partial charge on any atom is 0.335 e. The van der Waals surface area contributed by atoms with Crippen molar-refractivity contribution < 1.29 is 9.90 Å². The summed E-state index contributed by atoms with van der Waals surface area (Å²) in [7, 11) is 0. The zero-order valence-corrected chi connectivity index (χ0v) is 9.84. The highest BCUT2D eigenvalue weighted by molar-refractivity contribution is 5.97.